The summed E-state index contributed by atoms with van der Waals surface area (Å²) in [4.78, 5) is 16.5. The molecule has 4 rings (SSSR count). The SMILES string of the molecule is CSc1ccc(CN2CCC3(CC2)CC3C(=O)NCCC2=CCCCC2)cc1. The third-order valence-electron chi connectivity index (χ3n) is 7.05. The minimum Gasteiger partial charge on any atom is -0.356 e. The average Bonchev–Trinajstić information content (AvgIpc) is 3.45. The number of allylic oxidation sites excluding steroid dienone is 1. The van der Waals surface area contributed by atoms with Crippen LogP contribution in [-0.4, -0.2) is 36.7 Å². The van der Waals surface area contributed by atoms with Gasteiger partial charge in [-0.3, -0.25) is 9.69 Å². The monoisotopic (exact) mass is 398 g/mol. The Morgan fingerprint density at radius 2 is 2.00 bits per heavy atom. The van der Waals surface area contributed by atoms with Crippen molar-refractivity contribution in [1.82, 2.24) is 10.2 Å². The molecule has 4 heteroatoms. The number of thioether (sulfide) groups is 1. The molecule has 1 aromatic carbocycles. The number of piperidine rings is 1. The molecule has 1 N–H and O–H groups in total. The number of rotatable bonds is 7. The van der Waals surface area contributed by atoms with E-state index in [1.165, 1.54) is 49.0 Å². The molecule has 1 unspecified atom stereocenters. The van der Waals surface area contributed by atoms with Crippen LogP contribution in [0, 0.1) is 11.3 Å². The molecule has 1 saturated carbocycles. The highest BCUT2D eigenvalue weighted by atomic mass is 32.2. The molecule has 1 saturated heterocycles. The molecule has 1 atom stereocenters. The topological polar surface area (TPSA) is 32.3 Å². The molecule has 1 aliphatic heterocycles. The summed E-state index contributed by atoms with van der Waals surface area (Å²) in [5.74, 6) is 0.591. The zero-order valence-electron chi connectivity index (χ0n) is 17.2. The van der Waals surface area contributed by atoms with E-state index < -0.39 is 0 Å². The molecule has 152 valence electrons. The van der Waals surface area contributed by atoms with Crippen LogP contribution in [-0.2, 0) is 11.3 Å². The zero-order valence-corrected chi connectivity index (χ0v) is 18.0. The van der Waals surface area contributed by atoms with Gasteiger partial charge in [0.15, 0.2) is 0 Å². The van der Waals surface area contributed by atoms with Crippen LogP contribution >= 0.6 is 11.8 Å². The Bertz CT molecular complexity index is 704. The van der Waals surface area contributed by atoms with Gasteiger partial charge in [-0.1, -0.05) is 23.8 Å². The third-order valence-corrected chi connectivity index (χ3v) is 7.80. The highest BCUT2D eigenvalue weighted by Crippen LogP contribution is 2.59. The molecule has 0 aromatic heterocycles. The predicted molar refractivity (Wildman–Crippen MR) is 117 cm³/mol. The third kappa shape index (κ3) is 4.83. The van der Waals surface area contributed by atoms with Crippen LogP contribution < -0.4 is 5.32 Å². The first-order valence-electron chi connectivity index (χ1n) is 11.0. The van der Waals surface area contributed by atoms with E-state index in [-0.39, 0.29) is 5.92 Å². The Morgan fingerprint density at radius 3 is 2.68 bits per heavy atom. The molecule has 2 fully saturated rings. The fourth-order valence-electron chi connectivity index (χ4n) is 5.02. The Hall–Kier alpha value is -1.26. The van der Waals surface area contributed by atoms with Crippen molar-refractivity contribution in [3.05, 3.63) is 41.5 Å². The second-order valence-electron chi connectivity index (χ2n) is 8.89. The van der Waals surface area contributed by atoms with Crippen molar-refractivity contribution in [3.8, 4) is 0 Å². The molecular weight excluding hydrogens is 364 g/mol. The number of nitrogens with zero attached hydrogens (tertiary/aromatic N) is 1. The van der Waals surface area contributed by atoms with Crippen molar-refractivity contribution in [2.75, 3.05) is 25.9 Å². The number of hydrogen-bond acceptors (Lipinski definition) is 3. The number of carbonyl (C=O) groups excluding carboxylic acids is 1. The fourth-order valence-corrected chi connectivity index (χ4v) is 5.43. The van der Waals surface area contributed by atoms with Gasteiger partial charge in [-0.05, 0) is 93.8 Å². The van der Waals surface area contributed by atoms with Gasteiger partial charge in [0.1, 0.15) is 0 Å². The van der Waals surface area contributed by atoms with Gasteiger partial charge in [0.2, 0.25) is 5.91 Å². The Morgan fingerprint density at radius 1 is 1.21 bits per heavy atom. The lowest BCUT2D eigenvalue weighted by molar-refractivity contribution is -0.123. The lowest BCUT2D eigenvalue weighted by Gasteiger charge is -2.32. The first kappa shape index (κ1) is 20.0. The average molecular weight is 399 g/mol. The standard InChI is InChI=1S/C24H34N2OS/c1-28-21-9-7-20(8-10-21)18-26-15-12-24(13-16-26)17-22(24)23(27)25-14-11-19-5-3-2-4-6-19/h5,7-10,22H,2-4,6,11-18H2,1H3,(H,25,27). The maximum absolute atomic E-state index is 12.6. The zero-order chi connectivity index (χ0) is 19.4. The van der Waals surface area contributed by atoms with E-state index in [0.717, 1.165) is 39.0 Å². The minimum atomic E-state index is 0.274. The van der Waals surface area contributed by atoms with E-state index >= 15 is 0 Å². The lowest BCUT2D eigenvalue weighted by atomic mass is 9.90. The van der Waals surface area contributed by atoms with E-state index in [0.29, 0.717) is 11.3 Å². The van der Waals surface area contributed by atoms with Gasteiger partial charge in [0.25, 0.3) is 0 Å². The lowest BCUT2D eigenvalue weighted by Crippen LogP contribution is -2.37. The number of nitrogens with one attached hydrogen (secondary N) is 1. The van der Waals surface area contributed by atoms with Crippen LogP contribution in [0.1, 0.15) is 56.9 Å². The van der Waals surface area contributed by atoms with Crippen molar-refractivity contribution < 1.29 is 4.79 Å². The van der Waals surface area contributed by atoms with Gasteiger partial charge in [-0.25, -0.2) is 0 Å². The first-order chi connectivity index (χ1) is 13.7. The normalized spacial score (nSPS) is 24.0. The van der Waals surface area contributed by atoms with Crippen molar-refractivity contribution in [2.45, 2.75) is 62.8 Å². The van der Waals surface area contributed by atoms with E-state index in [4.69, 9.17) is 0 Å². The molecule has 2 aliphatic carbocycles. The number of benzene rings is 1. The Balaban J connectivity index is 1.18. The molecule has 3 aliphatic rings. The van der Waals surface area contributed by atoms with Crippen LogP contribution in [0.25, 0.3) is 0 Å². The summed E-state index contributed by atoms with van der Waals surface area (Å²) in [6.07, 6.45) is 14.1. The van der Waals surface area contributed by atoms with E-state index in [1.54, 1.807) is 17.3 Å². The van der Waals surface area contributed by atoms with Crippen molar-refractivity contribution >= 4 is 17.7 Å². The summed E-state index contributed by atoms with van der Waals surface area (Å²) in [7, 11) is 0. The largest absolute Gasteiger partial charge is 0.356 e. The number of hydrogen-bond donors (Lipinski definition) is 1. The number of carbonyl (C=O) groups is 1. The van der Waals surface area contributed by atoms with Gasteiger partial charge in [-0.2, -0.15) is 0 Å². The summed E-state index contributed by atoms with van der Waals surface area (Å²) < 4.78 is 0. The molecule has 1 aromatic rings. The number of amides is 1. The predicted octanol–water partition coefficient (Wildman–Crippen LogP) is 5.02. The van der Waals surface area contributed by atoms with Crippen molar-refractivity contribution in [2.24, 2.45) is 11.3 Å². The fraction of sp³-hybridized carbons (Fsp3) is 0.625. The molecule has 0 bridgehead atoms. The van der Waals surface area contributed by atoms with Crippen LogP contribution in [0.3, 0.4) is 0 Å². The van der Waals surface area contributed by atoms with Crippen molar-refractivity contribution in [1.29, 1.82) is 0 Å². The summed E-state index contributed by atoms with van der Waals surface area (Å²) >= 11 is 1.79. The Labute approximate surface area is 174 Å². The maximum atomic E-state index is 12.6. The van der Waals surface area contributed by atoms with Gasteiger partial charge in [0.05, 0.1) is 0 Å². The second-order valence-corrected chi connectivity index (χ2v) is 9.77. The molecule has 3 nitrogen and oxygen atoms in total. The smallest absolute Gasteiger partial charge is 0.223 e. The summed E-state index contributed by atoms with van der Waals surface area (Å²) in [6.45, 7) is 4.12. The quantitative estimate of drug-likeness (QED) is 0.517. The molecular formula is C24H34N2OS. The van der Waals surface area contributed by atoms with Gasteiger partial charge < -0.3 is 5.32 Å². The highest BCUT2D eigenvalue weighted by Gasteiger charge is 2.58. The summed E-state index contributed by atoms with van der Waals surface area (Å²) in [5.41, 5.74) is 3.26. The molecule has 0 radical (unpaired) electrons. The van der Waals surface area contributed by atoms with Crippen LogP contribution in [0.5, 0.6) is 0 Å². The second kappa shape index (κ2) is 9.04. The van der Waals surface area contributed by atoms with E-state index in [1.807, 2.05) is 0 Å². The van der Waals surface area contributed by atoms with Crippen LogP contribution in [0.4, 0.5) is 0 Å². The molecule has 1 heterocycles. The number of likely N-dealkylation sites (tertiary alicyclic amines) is 1. The van der Waals surface area contributed by atoms with Gasteiger partial charge in [-0.15, -0.1) is 11.8 Å². The molecule has 28 heavy (non-hydrogen) atoms. The minimum absolute atomic E-state index is 0.274. The molecule has 1 spiro atoms. The Kier molecular flexibility index (Phi) is 6.47. The van der Waals surface area contributed by atoms with Gasteiger partial charge >= 0.3 is 0 Å². The summed E-state index contributed by atoms with van der Waals surface area (Å²) in [5, 5.41) is 3.23. The van der Waals surface area contributed by atoms with E-state index in [9.17, 15) is 4.79 Å². The molecule has 1 amide bonds. The van der Waals surface area contributed by atoms with Crippen LogP contribution in [0.2, 0.25) is 0 Å². The highest BCUT2D eigenvalue weighted by molar-refractivity contribution is 7.98. The first-order valence-corrected chi connectivity index (χ1v) is 12.2. The maximum Gasteiger partial charge on any atom is 0.223 e. The van der Waals surface area contributed by atoms with Crippen molar-refractivity contribution in [3.63, 3.8) is 0 Å². The summed E-state index contributed by atoms with van der Waals surface area (Å²) in [6, 6.07) is 8.95. The van der Waals surface area contributed by atoms with E-state index in [2.05, 4.69) is 46.8 Å². The van der Waals surface area contributed by atoms with Gasteiger partial charge in [0, 0.05) is 23.9 Å². The van der Waals surface area contributed by atoms with Crippen LogP contribution in [0.15, 0.2) is 40.8 Å².